The van der Waals surface area contributed by atoms with E-state index in [4.69, 9.17) is 9.47 Å². The fraction of sp³-hybridized carbons (Fsp3) is 0.368. The molecule has 2 aromatic carbocycles. The Bertz CT molecular complexity index is 677. The van der Waals surface area contributed by atoms with Crippen molar-refractivity contribution < 1.29 is 9.47 Å². The summed E-state index contributed by atoms with van der Waals surface area (Å²) < 4.78 is 11.7. The van der Waals surface area contributed by atoms with E-state index in [1.165, 1.54) is 24.0 Å². The molecule has 2 heterocycles. The Labute approximate surface area is 131 Å². The van der Waals surface area contributed by atoms with Crippen LogP contribution in [0, 0.1) is 5.92 Å². The highest BCUT2D eigenvalue weighted by atomic mass is 16.5. The molecule has 2 aliphatic heterocycles. The first-order valence-electron chi connectivity index (χ1n) is 8.03. The quantitative estimate of drug-likeness (QED) is 0.910. The third-order valence-electron chi connectivity index (χ3n) is 4.89. The Kier molecular flexibility index (Phi) is 3.51. The van der Waals surface area contributed by atoms with Crippen molar-refractivity contribution in [1.82, 2.24) is 5.32 Å². The number of hydrogen-bond donors (Lipinski definition) is 1. The molecular formula is C19H21NO2. The summed E-state index contributed by atoms with van der Waals surface area (Å²) in [5, 5.41) is 3.47. The SMILES string of the molecule is COc1cccc2c1Oc1ccccc1C2C1CCNCC1. The van der Waals surface area contributed by atoms with Crippen LogP contribution in [0.25, 0.3) is 0 Å². The van der Waals surface area contributed by atoms with Gasteiger partial charge in [0.2, 0.25) is 0 Å². The van der Waals surface area contributed by atoms with Gasteiger partial charge in [-0.2, -0.15) is 0 Å². The van der Waals surface area contributed by atoms with Crippen LogP contribution in [0.2, 0.25) is 0 Å². The molecule has 4 rings (SSSR count). The minimum Gasteiger partial charge on any atom is -0.493 e. The van der Waals surface area contributed by atoms with E-state index in [-0.39, 0.29) is 0 Å². The molecule has 1 saturated heterocycles. The maximum absolute atomic E-state index is 6.18. The summed E-state index contributed by atoms with van der Waals surface area (Å²) in [6.07, 6.45) is 2.41. The number of piperidine rings is 1. The molecule has 0 saturated carbocycles. The largest absolute Gasteiger partial charge is 0.493 e. The predicted molar refractivity (Wildman–Crippen MR) is 86.9 cm³/mol. The van der Waals surface area contributed by atoms with Crippen molar-refractivity contribution in [3.63, 3.8) is 0 Å². The molecule has 0 amide bonds. The first-order chi connectivity index (χ1) is 10.9. The van der Waals surface area contributed by atoms with Gasteiger partial charge in [-0.05, 0) is 44.0 Å². The van der Waals surface area contributed by atoms with E-state index in [1.54, 1.807) is 7.11 Å². The van der Waals surface area contributed by atoms with Crippen LogP contribution in [0.15, 0.2) is 42.5 Å². The number of benzene rings is 2. The van der Waals surface area contributed by atoms with Crippen LogP contribution in [0.5, 0.6) is 17.2 Å². The molecule has 3 nitrogen and oxygen atoms in total. The predicted octanol–water partition coefficient (Wildman–Crippen LogP) is 3.93. The third-order valence-corrected chi connectivity index (χ3v) is 4.89. The van der Waals surface area contributed by atoms with Crippen LogP contribution in [0.1, 0.15) is 29.9 Å². The molecule has 0 spiro atoms. The Hall–Kier alpha value is -2.00. The number of nitrogens with one attached hydrogen (secondary N) is 1. The van der Waals surface area contributed by atoms with Crippen molar-refractivity contribution in [3.8, 4) is 17.2 Å². The lowest BCUT2D eigenvalue weighted by Gasteiger charge is -2.36. The van der Waals surface area contributed by atoms with E-state index in [0.29, 0.717) is 11.8 Å². The molecule has 0 aliphatic carbocycles. The monoisotopic (exact) mass is 295 g/mol. The molecule has 2 aliphatic rings. The first kappa shape index (κ1) is 13.6. The van der Waals surface area contributed by atoms with Gasteiger partial charge in [0, 0.05) is 17.0 Å². The smallest absolute Gasteiger partial charge is 0.173 e. The molecule has 22 heavy (non-hydrogen) atoms. The molecule has 114 valence electrons. The number of ether oxygens (including phenoxy) is 2. The van der Waals surface area contributed by atoms with E-state index >= 15 is 0 Å². The average Bonchev–Trinajstić information content (AvgIpc) is 2.60. The zero-order valence-electron chi connectivity index (χ0n) is 12.8. The van der Waals surface area contributed by atoms with Gasteiger partial charge in [0.1, 0.15) is 5.75 Å². The zero-order valence-corrected chi connectivity index (χ0v) is 12.8. The van der Waals surface area contributed by atoms with Gasteiger partial charge in [0.15, 0.2) is 11.5 Å². The second kappa shape index (κ2) is 5.65. The van der Waals surface area contributed by atoms with Gasteiger partial charge in [0.25, 0.3) is 0 Å². The summed E-state index contributed by atoms with van der Waals surface area (Å²) in [5.41, 5.74) is 2.58. The van der Waals surface area contributed by atoms with Crippen molar-refractivity contribution in [2.75, 3.05) is 20.2 Å². The molecule has 0 radical (unpaired) electrons. The van der Waals surface area contributed by atoms with Crippen LogP contribution in [0.4, 0.5) is 0 Å². The summed E-state index contributed by atoms with van der Waals surface area (Å²) in [6, 6.07) is 14.7. The van der Waals surface area contributed by atoms with Crippen molar-refractivity contribution >= 4 is 0 Å². The van der Waals surface area contributed by atoms with Crippen LogP contribution in [0.3, 0.4) is 0 Å². The van der Waals surface area contributed by atoms with E-state index in [0.717, 1.165) is 30.3 Å². The standard InChI is InChI=1S/C19H21NO2/c1-21-17-8-4-6-15-18(13-9-11-20-12-10-13)14-5-2-3-7-16(14)22-19(15)17/h2-8,13,18,20H,9-12H2,1H3. The third kappa shape index (κ3) is 2.17. The highest BCUT2D eigenvalue weighted by molar-refractivity contribution is 5.59. The van der Waals surface area contributed by atoms with E-state index < -0.39 is 0 Å². The van der Waals surface area contributed by atoms with Gasteiger partial charge >= 0.3 is 0 Å². The van der Waals surface area contributed by atoms with Crippen LogP contribution in [-0.2, 0) is 0 Å². The van der Waals surface area contributed by atoms with E-state index in [1.807, 2.05) is 12.1 Å². The van der Waals surface area contributed by atoms with Gasteiger partial charge in [-0.25, -0.2) is 0 Å². The fourth-order valence-electron chi connectivity index (χ4n) is 3.84. The first-order valence-corrected chi connectivity index (χ1v) is 8.03. The zero-order chi connectivity index (χ0) is 14.9. The highest BCUT2D eigenvalue weighted by Crippen LogP contribution is 2.52. The van der Waals surface area contributed by atoms with Crippen molar-refractivity contribution in [3.05, 3.63) is 53.6 Å². The normalized spacial score (nSPS) is 20.7. The lowest BCUT2D eigenvalue weighted by molar-refractivity contribution is 0.313. The average molecular weight is 295 g/mol. The number of rotatable bonds is 2. The Morgan fingerprint density at radius 1 is 1.00 bits per heavy atom. The summed E-state index contributed by atoms with van der Waals surface area (Å²) in [5.74, 6) is 3.75. The maximum Gasteiger partial charge on any atom is 0.173 e. The summed E-state index contributed by atoms with van der Waals surface area (Å²) in [7, 11) is 1.71. The topological polar surface area (TPSA) is 30.5 Å². The molecular weight excluding hydrogens is 274 g/mol. The highest BCUT2D eigenvalue weighted by Gasteiger charge is 2.35. The van der Waals surface area contributed by atoms with E-state index in [9.17, 15) is 0 Å². The number of fused-ring (bicyclic) bond motifs is 2. The molecule has 0 bridgehead atoms. The number of hydrogen-bond acceptors (Lipinski definition) is 3. The van der Waals surface area contributed by atoms with Crippen molar-refractivity contribution in [2.45, 2.75) is 18.8 Å². The molecule has 0 aromatic heterocycles. The summed E-state index contributed by atoms with van der Waals surface area (Å²) >= 11 is 0. The maximum atomic E-state index is 6.18. The van der Waals surface area contributed by atoms with Crippen LogP contribution in [-0.4, -0.2) is 20.2 Å². The molecule has 1 atom stereocenters. The lowest BCUT2D eigenvalue weighted by Crippen LogP contribution is -2.32. The number of para-hydroxylation sites is 2. The molecule has 3 heteroatoms. The van der Waals surface area contributed by atoms with Crippen molar-refractivity contribution in [2.24, 2.45) is 5.92 Å². The minimum absolute atomic E-state index is 0.400. The minimum atomic E-state index is 0.400. The molecule has 2 aromatic rings. The van der Waals surface area contributed by atoms with Gasteiger partial charge in [-0.15, -0.1) is 0 Å². The fourth-order valence-corrected chi connectivity index (χ4v) is 3.84. The van der Waals surface area contributed by atoms with Gasteiger partial charge in [0.05, 0.1) is 7.11 Å². The Morgan fingerprint density at radius 3 is 2.59 bits per heavy atom. The van der Waals surface area contributed by atoms with Crippen LogP contribution < -0.4 is 14.8 Å². The lowest BCUT2D eigenvalue weighted by atomic mass is 9.75. The summed E-state index contributed by atoms with van der Waals surface area (Å²) in [6.45, 7) is 2.20. The van der Waals surface area contributed by atoms with Gasteiger partial charge in [-0.1, -0.05) is 30.3 Å². The molecule has 1 unspecified atom stereocenters. The van der Waals surface area contributed by atoms with Gasteiger partial charge < -0.3 is 14.8 Å². The van der Waals surface area contributed by atoms with Crippen LogP contribution >= 0.6 is 0 Å². The summed E-state index contributed by atoms with van der Waals surface area (Å²) in [4.78, 5) is 0. The Morgan fingerprint density at radius 2 is 1.77 bits per heavy atom. The second-order valence-corrected chi connectivity index (χ2v) is 6.08. The Balaban J connectivity index is 1.86. The van der Waals surface area contributed by atoms with Crippen molar-refractivity contribution in [1.29, 1.82) is 0 Å². The second-order valence-electron chi connectivity index (χ2n) is 6.08. The van der Waals surface area contributed by atoms with E-state index in [2.05, 4.69) is 35.6 Å². The molecule has 1 fully saturated rings. The number of methoxy groups -OCH3 is 1. The van der Waals surface area contributed by atoms with Gasteiger partial charge in [-0.3, -0.25) is 0 Å². The molecule has 1 N–H and O–H groups in total.